The summed E-state index contributed by atoms with van der Waals surface area (Å²) in [4.78, 5) is 1.19. The van der Waals surface area contributed by atoms with Crippen LogP contribution in [0.2, 0.25) is 0 Å². The quantitative estimate of drug-likeness (QED) is 0.852. The van der Waals surface area contributed by atoms with Crippen LogP contribution in [0, 0.1) is 0 Å². The summed E-state index contributed by atoms with van der Waals surface area (Å²) in [6.07, 6.45) is 0.424. The van der Waals surface area contributed by atoms with Crippen LogP contribution in [0.4, 0.5) is 0 Å². The van der Waals surface area contributed by atoms with Crippen molar-refractivity contribution in [2.24, 2.45) is 0 Å². The summed E-state index contributed by atoms with van der Waals surface area (Å²) in [5.74, 6) is 0. The van der Waals surface area contributed by atoms with Gasteiger partial charge in [0.2, 0.25) is 0 Å². The maximum atomic E-state index is 9.87. The van der Waals surface area contributed by atoms with Gasteiger partial charge in [-0.05, 0) is 18.1 Å². The van der Waals surface area contributed by atoms with Crippen molar-refractivity contribution in [3.8, 4) is 0 Å². The molecule has 82 valence electrons. The average molecular weight is 224 g/mol. The molecular formula is C12H16O2S. The highest BCUT2D eigenvalue weighted by Crippen LogP contribution is 2.34. The predicted molar refractivity (Wildman–Crippen MR) is 62.2 cm³/mol. The number of rotatable bonds is 4. The maximum absolute atomic E-state index is 9.87. The van der Waals surface area contributed by atoms with Gasteiger partial charge in [-0.25, -0.2) is 0 Å². The smallest absolute Gasteiger partial charge is 0.0798 e. The van der Waals surface area contributed by atoms with Crippen molar-refractivity contribution in [3.05, 3.63) is 29.8 Å². The summed E-state index contributed by atoms with van der Waals surface area (Å²) in [6.45, 7) is 3.67. The van der Waals surface area contributed by atoms with Crippen molar-refractivity contribution < 1.29 is 9.84 Å². The van der Waals surface area contributed by atoms with Gasteiger partial charge in [-0.15, -0.1) is 11.8 Å². The minimum Gasteiger partial charge on any atom is -0.388 e. The Hall–Kier alpha value is -0.510. The van der Waals surface area contributed by atoms with E-state index in [9.17, 15) is 5.11 Å². The molecule has 0 amide bonds. The zero-order valence-corrected chi connectivity index (χ0v) is 9.67. The van der Waals surface area contributed by atoms with E-state index in [-0.39, 0.29) is 6.10 Å². The third kappa shape index (κ3) is 2.54. The Morgan fingerprint density at radius 2 is 2.20 bits per heavy atom. The molecule has 1 heterocycles. The van der Waals surface area contributed by atoms with Crippen molar-refractivity contribution in [1.82, 2.24) is 0 Å². The standard InChI is InChI=1S/C12H16O2S/c1-2-11(13)10-5-3-4-6-12(10)15-9-7-14-8-9/h3-6,9,11,13H,2,7-8H2,1H3. The molecule has 1 saturated heterocycles. The highest BCUT2D eigenvalue weighted by molar-refractivity contribution is 8.00. The number of ether oxygens (including phenoxy) is 1. The van der Waals surface area contributed by atoms with E-state index >= 15 is 0 Å². The molecule has 1 atom stereocenters. The lowest BCUT2D eigenvalue weighted by molar-refractivity contribution is 0.0454. The van der Waals surface area contributed by atoms with Gasteiger partial charge in [0, 0.05) is 4.90 Å². The monoisotopic (exact) mass is 224 g/mol. The Bertz CT molecular complexity index is 323. The lowest BCUT2D eigenvalue weighted by Gasteiger charge is -2.26. The molecule has 1 aliphatic heterocycles. The van der Waals surface area contributed by atoms with Crippen LogP contribution < -0.4 is 0 Å². The average Bonchev–Trinajstić information content (AvgIpc) is 2.23. The first-order valence-electron chi connectivity index (χ1n) is 5.32. The molecule has 1 aromatic rings. The first-order valence-corrected chi connectivity index (χ1v) is 6.20. The molecular weight excluding hydrogens is 208 g/mol. The van der Waals surface area contributed by atoms with Gasteiger partial charge in [0.15, 0.2) is 0 Å². The highest BCUT2D eigenvalue weighted by atomic mass is 32.2. The third-order valence-electron chi connectivity index (χ3n) is 2.57. The number of aliphatic hydroxyl groups is 1. The molecule has 0 saturated carbocycles. The van der Waals surface area contributed by atoms with Gasteiger partial charge < -0.3 is 9.84 Å². The second-order valence-corrected chi connectivity index (χ2v) is 5.08. The molecule has 0 aliphatic carbocycles. The molecule has 0 bridgehead atoms. The van der Waals surface area contributed by atoms with E-state index in [1.807, 2.05) is 36.9 Å². The van der Waals surface area contributed by atoms with Crippen LogP contribution in [0.15, 0.2) is 29.2 Å². The van der Waals surface area contributed by atoms with Crippen LogP contribution in [0.3, 0.4) is 0 Å². The van der Waals surface area contributed by atoms with Gasteiger partial charge in [-0.2, -0.15) is 0 Å². The summed E-state index contributed by atoms with van der Waals surface area (Å²) in [6, 6.07) is 8.09. The summed E-state index contributed by atoms with van der Waals surface area (Å²) < 4.78 is 5.15. The fraction of sp³-hybridized carbons (Fsp3) is 0.500. The number of aliphatic hydroxyl groups excluding tert-OH is 1. The zero-order valence-electron chi connectivity index (χ0n) is 8.85. The second-order valence-electron chi connectivity index (χ2n) is 3.74. The molecule has 2 nitrogen and oxygen atoms in total. The maximum Gasteiger partial charge on any atom is 0.0798 e. The van der Waals surface area contributed by atoms with Crippen LogP contribution in [-0.2, 0) is 4.74 Å². The number of benzene rings is 1. The summed E-state index contributed by atoms with van der Waals surface area (Å²) in [7, 11) is 0. The van der Waals surface area contributed by atoms with Gasteiger partial charge in [0.25, 0.3) is 0 Å². The van der Waals surface area contributed by atoms with Gasteiger partial charge >= 0.3 is 0 Å². The molecule has 1 aliphatic rings. The number of hydrogen-bond donors (Lipinski definition) is 1. The number of thioether (sulfide) groups is 1. The molecule has 1 N–H and O–H groups in total. The Balaban J connectivity index is 2.13. The minimum absolute atomic E-state index is 0.338. The zero-order chi connectivity index (χ0) is 10.7. The molecule has 2 rings (SSSR count). The first-order chi connectivity index (χ1) is 7.31. The van der Waals surface area contributed by atoms with Crippen LogP contribution in [0.1, 0.15) is 25.0 Å². The van der Waals surface area contributed by atoms with Crippen molar-refractivity contribution in [2.75, 3.05) is 13.2 Å². The van der Waals surface area contributed by atoms with E-state index in [4.69, 9.17) is 4.74 Å². The van der Waals surface area contributed by atoms with Gasteiger partial charge in [-0.1, -0.05) is 25.1 Å². The van der Waals surface area contributed by atoms with Crippen LogP contribution in [-0.4, -0.2) is 23.6 Å². The lowest BCUT2D eigenvalue weighted by atomic mass is 10.1. The Morgan fingerprint density at radius 3 is 2.80 bits per heavy atom. The summed E-state index contributed by atoms with van der Waals surface area (Å²) >= 11 is 1.82. The van der Waals surface area contributed by atoms with Crippen LogP contribution in [0.5, 0.6) is 0 Å². The fourth-order valence-corrected chi connectivity index (χ4v) is 2.73. The van der Waals surface area contributed by atoms with Crippen LogP contribution >= 0.6 is 11.8 Å². The molecule has 0 aromatic heterocycles. The van der Waals surface area contributed by atoms with Gasteiger partial charge in [0.1, 0.15) is 0 Å². The molecule has 15 heavy (non-hydrogen) atoms. The second kappa shape index (κ2) is 5.01. The van der Waals surface area contributed by atoms with E-state index in [0.717, 1.165) is 25.2 Å². The fourth-order valence-electron chi connectivity index (χ4n) is 1.54. The van der Waals surface area contributed by atoms with Crippen LogP contribution in [0.25, 0.3) is 0 Å². The molecule has 1 aromatic carbocycles. The summed E-state index contributed by atoms with van der Waals surface area (Å²) in [5, 5.41) is 10.4. The SMILES string of the molecule is CCC(O)c1ccccc1SC1COC1. The predicted octanol–water partition coefficient (Wildman–Crippen LogP) is 2.62. The van der Waals surface area contributed by atoms with E-state index in [1.165, 1.54) is 4.90 Å². The normalized spacial score (nSPS) is 18.5. The number of hydrogen-bond acceptors (Lipinski definition) is 3. The van der Waals surface area contributed by atoms with E-state index in [2.05, 4.69) is 6.07 Å². The van der Waals surface area contributed by atoms with Crippen molar-refractivity contribution >= 4 is 11.8 Å². The minimum atomic E-state index is -0.338. The summed E-state index contributed by atoms with van der Waals surface area (Å²) in [5.41, 5.74) is 1.05. The lowest BCUT2D eigenvalue weighted by Crippen LogP contribution is -2.30. The Morgan fingerprint density at radius 1 is 1.47 bits per heavy atom. The van der Waals surface area contributed by atoms with Crippen molar-refractivity contribution in [3.63, 3.8) is 0 Å². The molecule has 0 spiro atoms. The van der Waals surface area contributed by atoms with E-state index in [1.54, 1.807) is 0 Å². The molecule has 3 heteroatoms. The molecule has 1 fully saturated rings. The van der Waals surface area contributed by atoms with Gasteiger partial charge in [0.05, 0.1) is 24.6 Å². The molecule has 1 unspecified atom stereocenters. The van der Waals surface area contributed by atoms with E-state index < -0.39 is 0 Å². The van der Waals surface area contributed by atoms with E-state index in [0.29, 0.717) is 5.25 Å². The first kappa shape index (κ1) is 11.0. The third-order valence-corrected chi connectivity index (χ3v) is 3.80. The van der Waals surface area contributed by atoms with Crippen molar-refractivity contribution in [1.29, 1.82) is 0 Å². The Labute approximate surface area is 94.6 Å². The van der Waals surface area contributed by atoms with Gasteiger partial charge in [-0.3, -0.25) is 0 Å². The molecule has 0 radical (unpaired) electrons. The Kier molecular flexibility index (Phi) is 3.67. The largest absolute Gasteiger partial charge is 0.388 e. The highest BCUT2D eigenvalue weighted by Gasteiger charge is 2.21. The topological polar surface area (TPSA) is 29.5 Å². The van der Waals surface area contributed by atoms with Crippen molar-refractivity contribution in [2.45, 2.75) is 29.6 Å².